The number of aliphatic hydroxyl groups excluding tert-OH is 1. The molecule has 0 bridgehead atoms. The molecule has 3 rings (SSSR count). The highest BCUT2D eigenvalue weighted by molar-refractivity contribution is 5.94. The minimum atomic E-state index is -4.58. The number of carboxylic acids is 1. The molecule has 1 aromatic carbocycles. The molecule has 8 heteroatoms. The van der Waals surface area contributed by atoms with Gasteiger partial charge in [-0.25, -0.2) is 4.79 Å². The van der Waals surface area contributed by atoms with Crippen LogP contribution in [-0.2, 0) is 11.0 Å². The van der Waals surface area contributed by atoms with Crippen molar-refractivity contribution < 1.29 is 32.9 Å². The molecule has 1 unspecified atom stereocenters. The van der Waals surface area contributed by atoms with Crippen LogP contribution >= 0.6 is 0 Å². The van der Waals surface area contributed by atoms with Gasteiger partial charge < -0.3 is 20.3 Å². The number of hydrogen-bond donors (Lipinski definition) is 3. The van der Waals surface area contributed by atoms with Crippen molar-refractivity contribution >= 4 is 11.5 Å². The molecule has 0 saturated heterocycles. The quantitative estimate of drug-likeness (QED) is 0.703. The molecule has 1 aliphatic carbocycles. The van der Waals surface area contributed by atoms with Crippen molar-refractivity contribution in [1.82, 2.24) is 5.32 Å². The predicted octanol–water partition coefficient (Wildman–Crippen LogP) is 4.42. The smallest absolute Gasteiger partial charge is 0.416 e. The van der Waals surface area contributed by atoms with Crippen LogP contribution in [0.1, 0.15) is 37.8 Å². The number of fused-ring (bicyclic) bond motifs is 1. The maximum absolute atomic E-state index is 13.1. The largest absolute Gasteiger partial charge is 0.508 e. The fourth-order valence-electron chi connectivity index (χ4n) is 3.22. The fourth-order valence-corrected chi connectivity index (χ4v) is 3.22. The van der Waals surface area contributed by atoms with E-state index in [0.29, 0.717) is 5.70 Å². The summed E-state index contributed by atoms with van der Waals surface area (Å²) in [7, 11) is 0. The Hall–Kier alpha value is -2.90. The molecule has 0 fully saturated rings. The van der Waals surface area contributed by atoms with Gasteiger partial charge in [-0.05, 0) is 44.9 Å². The Bertz CT molecular complexity index is 897. The third-order valence-electron chi connectivity index (χ3n) is 4.63. The van der Waals surface area contributed by atoms with Crippen molar-refractivity contribution in [2.45, 2.75) is 44.5 Å². The summed E-state index contributed by atoms with van der Waals surface area (Å²) in [6.45, 7) is 2.93. The molecule has 2 aliphatic rings. The average molecular weight is 395 g/mol. The number of aliphatic hydroxyl groups is 1. The second-order valence-electron chi connectivity index (χ2n) is 7.14. The van der Waals surface area contributed by atoms with Crippen molar-refractivity contribution in [3.8, 4) is 5.75 Å². The van der Waals surface area contributed by atoms with E-state index in [1.54, 1.807) is 6.08 Å². The Balaban J connectivity index is 2.12. The van der Waals surface area contributed by atoms with Gasteiger partial charge >= 0.3 is 12.1 Å². The van der Waals surface area contributed by atoms with Crippen molar-refractivity contribution in [3.63, 3.8) is 0 Å². The van der Waals surface area contributed by atoms with Crippen LogP contribution in [-0.4, -0.2) is 27.8 Å². The molecule has 5 nitrogen and oxygen atoms in total. The number of ether oxygens (including phenoxy) is 1. The summed E-state index contributed by atoms with van der Waals surface area (Å²) in [5, 5.41) is 23.3. The summed E-state index contributed by atoms with van der Waals surface area (Å²) in [5.41, 5.74) is -1.66. The molecule has 3 N–H and O–H groups in total. The monoisotopic (exact) mass is 395 g/mol. The van der Waals surface area contributed by atoms with Crippen LogP contribution in [0.4, 0.5) is 13.2 Å². The molecule has 0 aromatic heterocycles. The van der Waals surface area contributed by atoms with Gasteiger partial charge in [0.05, 0.1) is 5.56 Å². The first-order chi connectivity index (χ1) is 13.0. The summed E-state index contributed by atoms with van der Waals surface area (Å²) in [6.07, 6.45) is 2.43. The van der Waals surface area contributed by atoms with Gasteiger partial charge in [0.25, 0.3) is 0 Å². The SMILES string of the molecule is CC1(C)Oc2cc(C(F)(F)F)ccc2C(C(NC2=CCCC=C2)C(=O)O)=C1O. The fraction of sp³-hybridized carbons (Fsp3) is 0.350. The number of carboxylic acid groups (broad SMARTS) is 1. The molecule has 28 heavy (non-hydrogen) atoms. The predicted molar refractivity (Wildman–Crippen MR) is 96.7 cm³/mol. The van der Waals surface area contributed by atoms with Gasteiger partial charge in [-0.1, -0.05) is 18.2 Å². The molecule has 1 heterocycles. The van der Waals surface area contributed by atoms with E-state index < -0.39 is 29.4 Å². The molecule has 1 aromatic rings. The zero-order chi connectivity index (χ0) is 20.7. The number of benzene rings is 1. The van der Waals surface area contributed by atoms with E-state index >= 15 is 0 Å². The van der Waals surface area contributed by atoms with Crippen LogP contribution in [0.5, 0.6) is 5.75 Å². The van der Waals surface area contributed by atoms with Gasteiger partial charge in [0.15, 0.2) is 11.6 Å². The molecule has 0 amide bonds. The maximum atomic E-state index is 13.1. The van der Waals surface area contributed by atoms with Crippen molar-refractivity contribution in [1.29, 1.82) is 0 Å². The number of aliphatic carboxylic acids is 1. The van der Waals surface area contributed by atoms with Gasteiger partial charge in [-0.3, -0.25) is 0 Å². The van der Waals surface area contributed by atoms with Gasteiger partial charge in [-0.15, -0.1) is 0 Å². The Morgan fingerprint density at radius 1 is 1.29 bits per heavy atom. The summed E-state index contributed by atoms with van der Waals surface area (Å²) >= 11 is 0. The Kier molecular flexibility index (Phi) is 4.91. The number of rotatable bonds is 4. The molecular weight excluding hydrogens is 375 g/mol. The topological polar surface area (TPSA) is 78.8 Å². The molecule has 150 valence electrons. The minimum Gasteiger partial charge on any atom is -0.508 e. The summed E-state index contributed by atoms with van der Waals surface area (Å²) in [6, 6.07) is 1.42. The van der Waals surface area contributed by atoms with Crippen LogP contribution < -0.4 is 10.1 Å². The highest BCUT2D eigenvalue weighted by atomic mass is 19.4. The van der Waals surface area contributed by atoms with Gasteiger partial charge in [0.2, 0.25) is 0 Å². The highest BCUT2D eigenvalue weighted by Crippen LogP contribution is 2.44. The van der Waals surface area contributed by atoms with Crippen molar-refractivity contribution in [2.75, 3.05) is 0 Å². The molecule has 0 saturated carbocycles. The number of alkyl halides is 3. The van der Waals surface area contributed by atoms with E-state index in [1.807, 2.05) is 12.2 Å². The molecule has 0 spiro atoms. The zero-order valence-electron chi connectivity index (χ0n) is 15.3. The normalized spacial score (nSPS) is 19.4. The number of allylic oxidation sites excluding steroid dienone is 3. The first kappa shape index (κ1) is 19.9. The highest BCUT2D eigenvalue weighted by Gasteiger charge is 2.42. The van der Waals surface area contributed by atoms with Gasteiger partial charge in [0, 0.05) is 16.8 Å². The Morgan fingerprint density at radius 2 is 2.00 bits per heavy atom. The first-order valence-corrected chi connectivity index (χ1v) is 8.71. The molecule has 0 radical (unpaired) electrons. The number of carbonyl (C=O) groups is 1. The Labute approximate surface area is 159 Å². The minimum absolute atomic E-state index is 0.0210. The van der Waals surface area contributed by atoms with Gasteiger partial charge in [-0.2, -0.15) is 13.2 Å². The van der Waals surface area contributed by atoms with Crippen LogP contribution in [0.3, 0.4) is 0 Å². The van der Waals surface area contributed by atoms with Crippen LogP contribution in [0.2, 0.25) is 0 Å². The van der Waals surface area contributed by atoms with Crippen LogP contribution in [0.25, 0.3) is 5.57 Å². The molecular formula is C20H20F3NO4. The third kappa shape index (κ3) is 3.72. The third-order valence-corrected chi connectivity index (χ3v) is 4.63. The van der Waals surface area contributed by atoms with E-state index in [1.165, 1.54) is 13.8 Å². The lowest BCUT2D eigenvalue weighted by molar-refractivity contribution is -0.138. The lowest BCUT2D eigenvalue weighted by Crippen LogP contribution is -2.43. The average Bonchev–Trinajstić information content (AvgIpc) is 2.60. The summed E-state index contributed by atoms with van der Waals surface area (Å²) < 4.78 is 44.8. The number of nitrogens with one attached hydrogen (secondary N) is 1. The first-order valence-electron chi connectivity index (χ1n) is 8.71. The Morgan fingerprint density at radius 3 is 2.57 bits per heavy atom. The lowest BCUT2D eigenvalue weighted by Gasteiger charge is -2.36. The van der Waals surface area contributed by atoms with Crippen LogP contribution in [0, 0.1) is 0 Å². The van der Waals surface area contributed by atoms with Crippen LogP contribution in [0.15, 0.2) is 47.9 Å². The van der Waals surface area contributed by atoms with E-state index in [4.69, 9.17) is 4.74 Å². The zero-order valence-corrected chi connectivity index (χ0v) is 15.3. The lowest BCUT2D eigenvalue weighted by atomic mass is 9.87. The molecule has 1 aliphatic heterocycles. The van der Waals surface area contributed by atoms with E-state index in [9.17, 15) is 28.2 Å². The standard InChI is InChI=1S/C20H20F3NO4/c1-19(2)17(25)15(16(18(26)27)24-12-6-4-3-5-7-12)13-9-8-11(20(21,22)23)10-14(13)28-19/h4,6-10,16,24-25H,3,5H2,1-2H3,(H,26,27). The number of hydrogen-bond acceptors (Lipinski definition) is 4. The number of halogens is 3. The maximum Gasteiger partial charge on any atom is 0.416 e. The summed E-state index contributed by atoms with van der Waals surface area (Å²) in [4.78, 5) is 12.0. The molecule has 1 atom stereocenters. The van der Waals surface area contributed by atoms with E-state index in [-0.39, 0.29) is 22.6 Å². The summed E-state index contributed by atoms with van der Waals surface area (Å²) in [5.74, 6) is -1.75. The van der Waals surface area contributed by atoms with E-state index in [0.717, 1.165) is 31.0 Å². The van der Waals surface area contributed by atoms with E-state index in [2.05, 4.69) is 5.32 Å². The van der Waals surface area contributed by atoms with Crippen molar-refractivity contribution in [2.24, 2.45) is 0 Å². The van der Waals surface area contributed by atoms with Gasteiger partial charge in [0.1, 0.15) is 11.5 Å². The second-order valence-corrected chi connectivity index (χ2v) is 7.14. The second kappa shape index (κ2) is 6.92. The van der Waals surface area contributed by atoms with Crippen molar-refractivity contribution in [3.05, 3.63) is 59.0 Å².